The largest absolute Gasteiger partial charge is 0.465 e. The Bertz CT molecular complexity index is 379. The SMILES string of the molecule is CCOC(=O)C(CSc1ccccc1)NC1CC1. The van der Waals surface area contributed by atoms with Gasteiger partial charge in [0.25, 0.3) is 0 Å². The quantitative estimate of drug-likeness (QED) is 0.607. The van der Waals surface area contributed by atoms with E-state index < -0.39 is 0 Å². The molecular formula is C14H19NO2S. The van der Waals surface area contributed by atoms with E-state index in [-0.39, 0.29) is 12.0 Å². The lowest BCUT2D eigenvalue weighted by molar-refractivity contribution is -0.145. The van der Waals surface area contributed by atoms with Gasteiger partial charge in [-0.25, -0.2) is 0 Å². The summed E-state index contributed by atoms with van der Waals surface area (Å²) in [5, 5.41) is 3.35. The molecular weight excluding hydrogens is 246 g/mol. The van der Waals surface area contributed by atoms with E-state index in [4.69, 9.17) is 4.74 Å². The van der Waals surface area contributed by atoms with E-state index in [2.05, 4.69) is 17.4 Å². The smallest absolute Gasteiger partial charge is 0.324 e. The molecule has 1 atom stereocenters. The van der Waals surface area contributed by atoms with Crippen LogP contribution in [0.5, 0.6) is 0 Å². The minimum Gasteiger partial charge on any atom is -0.465 e. The zero-order chi connectivity index (χ0) is 12.8. The predicted molar refractivity (Wildman–Crippen MR) is 73.7 cm³/mol. The number of carbonyl (C=O) groups excluding carboxylic acids is 1. The monoisotopic (exact) mass is 265 g/mol. The van der Waals surface area contributed by atoms with E-state index in [1.54, 1.807) is 11.8 Å². The highest BCUT2D eigenvalue weighted by Crippen LogP contribution is 2.23. The Morgan fingerprint density at radius 2 is 2.17 bits per heavy atom. The molecule has 0 spiro atoms. The average molecular weight is 265 g/mol. The molecule has 0 aliphatic heterocycles. The van der Waals surface area contributed by atoms with Gasteiger partial charge in [0, 0.05) is 16.7 Å². The second kappa shape index (κ2) is 6.81. The van der Waals surface area contributed by atoms with Crippen LogP contribution in [-0.2, 0) is 9.53 Å². The first kappa shape index (κ1) is 13.4. The fourth-order valence-corrected chi connectivity index (χ4v) is 2.60. The molecule has 1 fully saturated rings. The van der Waals surface area contributed by atoms with Crippen molar-refractivity contribution in [3.8, 4) is 0 Å². The van der Waals surface area contributed by atoms with Gasteiger partial charge in [-0.3, -0.25) is 4.79 Å². The highest BCUT2D eigenvalue weighted by Gasteiger charge is 2.29. The zero-order valence-corrected chi connectivity index (χ0v) is 11.4. The lowest BCUT2D eigenvalue weighted by Crippen LogP contribution is -2.41. The van der Waals surface area contributed by atoms with Crippen LogP contribution in [0.4, 0.5) is 0 Å². The third kappa shape index (κ3) is 4.35. The molecule has 98 valence electrons. The summed E-state index contributed by atoms with van der Waals surface area (Å²) in [5.41, 5.74) is 0. The average Bonchev–Trinajstić information content (AvgIpc) is 3.20. The molecule has 0 heterocycles. The van der Waals surface area contributed by atoms with Crippen molar-refractivity contribution in [1.82, 2.24) is 5.32 Å². The molecule has 4 heteroatoms. The Kier molecular flexibility index (Phi) is 5.08. The Hall–Kier alpha value is -1.00. The number of nitrogens with one attached hydrogen (secondary N) is 1. The molecule has 1 aliphatic rings. The molecule has 3 nitrogen and oxygen atoms in total. The van der Waals surface area contributed by atoms with Crippen molar-refractivity contribution in [1.29, 1.82) is 0 Å². The number of rotatable bonds is 7. The number of thioether (sulfide) groups is 1. The van der Waals surface area contributed by atoms with E-state index in [1.807, 2.05) is 25.1 Å². The van der Waals surface area contributed by atoms with Crippen LogP contribution in [0, 0.1) is 0 Å². The second-order valence-corrected chi connectivity index (χ2v) is 5.46. The molecule has 0 aromatic heterocycles. The van der Waals surface area contributed by atoms with Crippen LogP contribution < -0.4 is 5.32 Å². The van der Waals surface area contributed by atoms with Crippen molar-refractivity contribution in [2.75, 3.05) is 12.4 Å². The van der Waals surface area contributed by atoms with Gasteiger partial charge in [0.2, 0.25) is 0 Å². The van der Waals surface area contributed by atoms with Crippen LogP contribution in [0.2, 0.25) is 0 Å². The van der Waals surface area contributed by atoms with Crippen molar-refractivity contribution in [3.05, 3.63) is 30.3 Å². The maximum atomic E-state index is 11.8. The Morgan fingerprint density at radius 1 is 1.44 bits per heavy atom. The number of hydrogen-bond acceptors (Lipinski definition) is 4. The van der Waals surface area contributed by atoms with Gasteiger partial charge >= 0.3 is 5.97 Å². The van der Waals surface area contributed by atoms with Crippen LogP contribution in [-0.4, -0.2) is 30.4 Å². The van der Waals surface area contributed by atoms with Crippen molar-refractivity contribution in [2.45, 2.75) is 36.7 Å². The van der Waals surface area contributed by atoms with Crippen LogP contribution in [0.1, 0.15) is 19.8 Å². The van der Waals surface area contributed by atoms with Crippen LogP contribution >= 0.6 is 11.8 Å². The zero-order valence-electron chi connectivity index (χ0n) is 10.6. The summed E-state index contributed by atoms with van der Waals surface area (Å²) in [4.78, 5) is 13.0. The summed E-state index contributed by atoms with van der Waals surface area (Å²) in [6, 6.07) is 10.5. The Morgan fingerprint density at radius 3 is 2.78 bits per heavy atom. The van der Waals surface area contributed by atoms with Crippen LogP contribution in [0.3, 0.4) is 0 Å². The summed E-state index contributed by atoms with van der Waals surface area (Å²) in [6.45, 7) is 2.29. The van der Waals surface area contributed by atoms with Crippen molar-refractivity contribution < 1.29 is 9.53 Å². The van der Waals surface area contributed by atoms with Gasteiger partial charge in [0.15, 0.2) is 0 Å². The Labute approximate surface area is 112 Å². The highest BCUT2D eigenvalue weighted by molar-refractivity contribution is 7.99. The van der Waals surface area contributed by atoms with Crippen LogP contribution in [0.25, 0.3) is 0 Å². The van der Waals surface area contributed by atoms with E-state index in [0.717, 1.165) is 5.75 Å². The Balaban J connectivity index is 1.85. The predicted octanol–water partition coefficient (Wildman–Crippen LogP) is 2.46. The number of carbonyl (C=O) groups is 1. The maximum Gasteiger partial charge on any atom is 0.324 e. The molecule has 1 N–H and O–H groups in total. The van der Waals surface area contributed by atoms with Crippen molar-refractivity contribution in [2.24, 2.45) is 0 Å². The fourth-order valence-electron chi connectivity index (χ4n) is 1.66. The molecule has 1 unspecified atom stereocenters. The molecule has 0 bridgehead atoms. The topological polar surface area (TPSA) is 38.3 Å². The van der Waals surface area contributed by atoms with Gasteiger partial charge in [-0.2, -0.15) is 0 Å². The number of ether oxygens (including phenoxy) is 1. The van der Waals surface area contributed by atoms with E-state index in [1.165, 1.54) is 17.7 Å². The molecule has 1 aromatic carbocycles. The van der Waals surface area contributed by atoms with E-state index >= 15 is 0 Å². The first-order valence-corrected chi connectivity index (χ1v) is 7.38. The normalized spacial score (nSPS) is 16.3. The number of hydrogen-bond donors (Lipinski definition) is 1. The standard InChI is InChI=1S/C14H19NO2S/c1-2-17-14(16)13(15-11-8-9-11)10-18-12-6-4-3-5-7-12/h3-7,11,13,15H,2,8-10H2,1H3. The third-order valence-corrected chi connectivity index (χ3v) is 3.85. The summed E-state index contributed by atoms with van der Waals surface area (Å²) >= 11 is 1.69. The molecule has 1 aliphatic carbocycles. The van der Waals surface area contributed by atoms with E-state index in [9.17, 15) is 4.79 Å². The first-order valence-electron chi connectivity index (χ1n) is 6.40. The van der Waals surface area contributed by atoms with Gasteiger partial charge in [-0.05, 0) is 31.9 Å². The van der Waals surface area contributed by atoms with Gasteiger partial charge in [-0.1, -0.05) is 18.2 Å². The lowest BCUT2D eigenvalue weighted by Gasteiger charge is -2.16. The molecule has 0 radical (unpaired) electrons. The molecule has 2 rings (SSSR count). The minimum absolute atomic E-state index is 0.132. The van der Waals surface area contributed by atoms with Gasteiger partial charge < -0.3 is 10.1 Å². The highest BCUT2D eigenvalue weighted by atomic mass is 32.2. The molecule has 18 heavy (non-hydrogen) atoms. The maximum absolute atomic E-state index is 11.8. The summed E-state index contributed by atoms with van der Waals surface area (Å²) in [5.74, 6) is 0.590. The summed E-state index contributed by atoms with van der Waals surface area (Å²) in [6.07, 6.45) is 2.35. The van der Waals surface area contributed by atoms with Crippen molar-refractivity contribution in [3.63, 3.8) is 0 Å². The fraction of sp³-hybridized carbons (Fsp3) is 0.500. The third-order valence-electron chi connectivity index (χ3n) is 2.75. The molecule has 0 saturated heterocycles. The summed E-state index contributed by atoms with van der Waals surface area (Å²) < 4.78 is 5.11. The lowest BCUT2D eigenvalue weighted by atomic mass is 10.3. The molecule has 1 saturated carbocycles. The van der Waals surface area contributed by atoms with Crippen molar-refractivity contribution >= 4 is 17.7 Å². The molecule has 0 amide bonds. The summed E-state index contributed by atoms with van der Waals surface area (Å²) in [7, 11) is 0. The number of esters is 1. The van der Waals surface area contributed by atoms with Gasteiger partial charge in [-0.15, -0.1) is 11.8 Å². The number of benzene rings is 1. The second-order valence-electron chi connectivity index (χ2n) is 4.37. The first-order chi connectivity index (χ1) is 8.79. The minimum atomic E-state index is -0.192. The van der Waals surface area contributed by atoms with Crippen LogP contribution in [0.15, 0.2) is 35.2 Å². The van der Waals surface area contributed by atoms with Gasteiger partial charge in [0.05, 0.1) is 6.61 Å². The molecule has 1 aromatic rings. The van der Waals surface area contributed by atoms with E-state index in [0.29, 0.717) is 12.6 Å². The van der Waals surface area contributed by atoms with Gasteiger partial charge in [0.1, 0.15) is 6.04 Å².